The maximum absolute atomic E-state index is 6.46. The molecule has 1 aromatic carbocycles. The topological polar surface area (TPSA) is 85.5 Å². The van der Waals surface area contributed by atoms with Crippen molar-refractivity contribution < 1.29 is 9.47 Å². The molecule has 0 amide bonds. The molecule has 0 saturated heterocycles. The van der Waals surface area contributed by atoms with Crippen LogP contribution in [0.1, 0.15) is 22.5 Å². The highest BCUT2D eigenvalue weighted by atomic mass is 16.5. The normalized spacial score (nSPS) is 10.9. The Morgan fingerprint density at radius 3 is 2.04 bits per heavy atom. The molecular weight excluding hydrogens is 342 g/mol. The summed E-state index contributed by atoms with van der Waals surface area (Å²) in [7, 11) is 3.36. The van der Waals surface area contributed by atoms with Gasteiger partial charge in [-0.3, -0.25) is 0 Å². The zero-order chi connectivity index (χ0) is 20.0. The molecule has 0 spiro atoms. The van der Waals surface area contributed by atoms with E-state index in [1.165, 1.54) is 5.56 Å². The van der Waals surface area contributed by atoms with Gasteiger partial charge in [0.2, 0.25) is 0 Å². The van der Waals surface area contributed by atoms with Gasteiger partial charge in [0, 0.05) is 33.0 Å². The molecule has 27 heavy (non-hydrogen) atoms. The largest absolute Gasteiger partial charge is 0.393 e. The van der Waals surface area contributed by atoms with Crippen molar-refractivity contribution in [2.75, 3.05) is 56.5 Å². The second-order valence-electron chi connectivity index (χ2n) is 6.73. The number of hydrogen-bond acceptors (Lipinski definition) is 7. The van der Waals surface area contributed by atoms with Crippen LogP contribution < -0.4 is 16.0 Å². The Labute approximate surface area is 161 Å². The van der Waals surface area contributed by atoms with Crippen LogP contribution in [0.2, 0.25) is 0 Å². The summed E-state index contributed by atoms with van der Waals surface area (Å²) in [6, 6.07) is 4.29. The van der Waals surface area contributed by atoms with Crippen LogP contribution in [0.5, 0.6) is 0 Å². The fraction of sp³-hybridized carbons (Fsp3) is 0.500. The molecule has 148 valence electrons. The van der Waals surface area contributed by atoms with Gasteiger partial charge in [-0.1, -0.05) is 17.7 Å². The Hall–Kier alpha value is -2.38. The Kier molecular flexibility index (Phi) is 7.38. The van der Waals surface area contributed by atoms with E-state index in [0.717, 1.165) is 16.8 Å². The van der Waals surface area contributed by atoms with Crippen LogP contribution in [-0.2, 0) is 9.47 Å². The zero-order valence-electron chi connectivity index (χ0n) is 17.2. The van der Waals surface area contributed by atoms with Crippen LogP contribution >= 0.6 is 0 Å². The molecule has 7 heteroatoms. The molecule has 0 unspecified atom stereocenters. The number of ether oxygens (including phenoxy) is 2. The summed E-state index contributed by atoms with van der Waals surface area (Å²) in [5.41, 5.74) is 11.5. The number of anilines is 4. The monoisotopic (exact) mass is 373 g/mol. The number of aryl methyl sites for hydroxylation is 4. The summed E-state index contributed by atoms with van der Waals surface area (Å²) in [6.07, 6.45) is 0. The van der Waals surface area contributed by atoms with E-state index in [4.69, 9.17) is 15.2 Å². The number of hydrogen-bond donors (Lipinski definition) is 2. The van der Waals surface area contributed by atoms with Gasteiger partial charge in [0.25, 0.3) is 0 Å². The molecule has 0 radical (unpaired) electrons. The molecule has 1 aromatic heterocycles. The molecule has 0 aliphatic heterocycles. The fourth-order valence-electron chi connectivity index (χ4n) is 3.12. The number of methoxy groups -OCH3 is 2. The summed E-state index contributed by atoms with van der Waals surface area (Å²) < 4.78 is 10.5. The molecule has 0 aliphatic carbocycles. The molecule has 0 fully saturated rings. The molecule has 2 rings (SSSR count). The van der Waals surface area contributed by atoms with E-state index in [0.29, 0.717) is 49.5 Å². The maximum atomic E-state index is 6.46. The molecule has 3 N–H and O–H groups in total. The molecule has 0 bridgehead atoms. The second kappa shape index (κ2) is 9.53. The van der Waals surface area contributed by atoms with E-state index in [2.05, 4.69) is 53.1 Å². The van der Waals surface area contributed by atoms with Gasteiger partial charge >= 0.3 is 0 Å². The van der Waals surface area contributed by atoms with E-state index in [1.807, 2.05) is 6.92 Å². The Morgan fingerprint density at radius 2 is 1.52 bits per heavy atom. The third-order valence-electron chi connectivity index (χ3n) is 4.39. The lowest BCUT2D eigenvalue weighted by Gasteiger charge is -2.26. The van der Waals surface area contributed by atoms with Crippen molar-refractivity contribution in [2.45, 2.75) is 27.7 Å². The third-order valence-corrected chi connectivity index (χ3v) is 4.39. The fourth-order valence-corrected chi connectivity index (χ4v) is 3.12. The SMILES string of the molecule is COCCN(CCOC)c1nc(C)nc(Nc2c(C)cc(C)cc2C)c1N. The van der Waals surface area contributed by atoms with Gasteiger partial charge in [-0.05, 0) is 38.8 Å². The maximum Gasteiger partial charge on any atom is 0.159 e. The molecule has 0 aliphatic rings. The highest BCUT2D eigenvalue weighted by Crippen LogP contribution is 2.32. The lowest BCUT2D eigenvalue weighted by molar-refractivity contribution is 0.190. The van der Waals surface area contributed by atoms with E-state index >= 15 is 0 Å². The summed E-state index contributed by atoms with van der Waals surface area (Å²) in [6.45, 7) is 10.6. The highest BCUT2D eigenvalue weighted by molar-refractivity contribution is 5.80. The number of nitrogen functional groups attached to an aromatic ring is 1. The van der Waals surface area contributed by atoms with Crippen molar-refractivity contribution >= 4 is 23.0 Å². The van der Waals surface area contributed by atoms with Crippen molar-refractivity contribution in [1.82, 2.24) is 9.97 Å². The van der Waals surface area contributed by atoms with Crippen molar-refractivity contribution in [2.24, 2.45) is 0 Å². The predicted octanol–water partition coefficient (Wildman–Crippen LogP) is 3.14. The Balaban J connectivity index is 2.41. The zero-order valence-corrected chi connectivity index (χ0v) is 17.2. The van der Waals surface area contributed by atoms with Gasteiger partial charge < -0.3 is 25.4 Å². The number of rotatable bonds is 9. The Morgan fingerprint density at radius 1 is 0.963 bits per heavy atom. The van der Waals surface area contributed by atoms with Gasteiger partial charge in [0.05, 0.1) is 13.2 Å². The number of aromatic nitrogens is 2. The van der Waals surface area contributed by atoms with Gasteiger partial charge in [-0.15, -0.1) is 0 Å². The first-order valence-electron chi connectivity index (χ1n) is 9.09. The molecule has 2 aromatic rings. The van der Waals surface area contributed by atoms with Crippen molar-refractivity contribution in [3.05, 3.63) is 34.6 Å². The van der Waals surface area contributed by atoms with E-state index in [9.17, 15) is 0 Å². The van der Waals surface area contributed by atoms with Gasteiger partial charge in [-0.25, -0.2) is 9.97 Å². The summed E-state index contributed by atoms with van der Waals surface area (Å²) in [5, 5.41) is 3.42. The first-order valence-corrected chi connectivity index (χ1v) is 9.09. The lowest BCUT2D eigenvalue weighted by atomic mass is 10.1. The van der Waals surface area contributed by atoms with Crippen LogP contribution in [0.4, 0.5) is 23.0 Å². The van der Waals surface area contributed by atoms with E-state index in [1.54, 1.807) is 14.2 Å². The average Bonchev–Trinajstić information content (AvgIpc) is 2.61. The molecular formula is C20H31N5O2. The Bertz CT molecular complexity index is 748. The van der Waals surface area contributed by atoms with Crippen LogP contribution in [-0.4, -0.2) is 50.5 Å². The number of nitrogens with zero attached hydrogens (tertiary/aromatic N) is 3. The van der Waals surface area contributed by atoms with Crippen LogP contribution in [0, 0.1) is 27.7 Å². The summed E-state index contributed by atoms with van der Waals surface area (Å²) >= 11 is 0. The number of nitrogens with one attached hydrogen (secondary N) is 1. The van der Waals surface area contributed by atoms with E-state index < -0.39 is 0 Å². The minimum Gasteiger partial charge on any atom is -0.393 e. The van der Waals surface area contributed by atoms with Crippen molar-refractivity contribution in [3.8, 4) is 0 Å². The molecule has 0 saturated carbocycles. The minimum absolute atomic E-state index is 0.521. The quantitative estimate of drug-likeness (QED) is 0.698. The predicted molar refractivity (Wildman–Crippen MR) is 111 cm³/mol. The van der Waals surface area contributed by atoms with E-state index in [-0.39, 0.29) is 0 Å². The summed E-state index contributed by atoms with van der Waals surface area (Å²) in [4.78, 5) is 11.2. The van der Waals surface area contributed by atoms with Crippen molar-refractivity contribution in [1.29, 1.82) is 0 Å². The first-order chi connectivity index (χ1) is 12.9. The highest BCUT2D eigenvalue weighted by Gasteiger charge is 2.18. The molecule has 7 nitrogen and oxygen atoms in total. The van der Waals surface area contributed by atoms with Crippen LogP contribution in [0.3, 0.4) is 0 Å². The number of nitrogens with two attached hydrogens (primary N) is 1. The van der Waals surface area contributed by atoms with Crippen LogP contribution in [0.15, 0.2) is 12.1 Å². The van der Waals surface area contributed by atoms with Gasteiger partial charge in [0.1, 0.15) is 11.5 Å². The standard InChI is InChI=1S/C20H31N5O2/c1-13-11-14(2)18(15(3)12-13)24-19-17(21)20(23-16(4)22-19)25(7-9-26-5)8-10-27-6/h11-12H,7-10,21H2,1-6H3,(H,22,23,24). The van der Waals surface area contributed by atoms with Gasteiger partial charge in [0.15, 0.2) is 11.6 Å². The smallest absolute Gasteiger partial charge is 0.159 e. The number of benzene rings is 1. The van der Waals surface area contributed by atoms with Gasteiger partial charge in [-0.2, -0.15) is 0 Å². The lowest BCUT2D eigenvalue weighted by Crippen LogP contribution is -2.32. The van der Waals surface area contributed by atoms with Crippen molar-refractivity contribution in [3.63, 3.8) is 0 Å². The molecule has 0 atom stereocenters. The van der Waals surface area contributed by atoms with Crippen LogP contribution in [0.25, 0.3) is 0 Å². The first kappa shape index (κ1) is 20.9. The average molecular weight is 374 g/mol. The second-order valence-corrected chi connectivity index (χ2v) is 6.73. The summed E-state index contributed by atoms with van der Waals surface area (Å²) in [5.74, 6) is 1.97. The minimum atomic E-state index is 0.521. The third kappa shape index (κ3) is 5.30. The molecule has 1 heterocycles.